The van der Waals surface area contributed by atoms with Crippen LogP contribution in [0.15, 0.2) is 60.7 Å². The Morgan fingerprint density at radius 1 is 0.543 bits per heavy atom. The highest BCUT2D eigenvalue weighted by Gasteiger charge is 2.24. The van der Waals surface area contributed by atoms with E-state index in [-0.39, 0.29) is 39.4 Å². The standard InChI is InChI=1S/C24H29N3O6.C8H17N3O2/c28-22(29)17-25-11-13-26(23(30)32-18-20-7-3-1-4-8-20)15-16-27(14-12-25)24(31)33-19-21-9-5-2-6-10-21;12-8(13)7-11-5-3-9-1-2-10-4-6-11/h1-10H,11-19H2,(H,28,29);9-10H,1-7H2,(H,12,13). The minimum atomic E-state index is -0.967. The fourth-order valence-corrected chi connectivity index (χ4v) is 4.80. The lowest BCUT2D eigenvalue weighted by atomic mass is 10.2. The highest BCUT2D eigenvalue weighted by atomic mass is 16.6. The lowest BCUT2D eigenvalue weighted by Gasteiger charge is -2.25. The molecule has 2 fully saturated rings. The van der Waals surface area contributed by atoms with Crippen molar-refractivity contribution in [1.82, 2.24) is 30.2 Å². The van der Waals surface area contributed by atoms with Crippen LogP contribution in [0, 0.1) is 0 Å². The predicted molar refractivity (Wildman–Crippen MR) is 170 cm³/mol. The Bertz CT molecular complexity index is 1130. The second kappa shape index (κ2) is 20.7. The number of hydrogen-bond acceptors (Lipinski definition) is 10. The molecule has 0 unspecified atom stereocenters. The predicted octanol–water partition coefficient (Wildman–Crippen LogP) is 1.23. The topological polar surface area (TPSA) is 164 Å². The molecule has 0 aromatic heterocycles. The fraction of sp³-hybridized carbons (Fsp3) is 0.500. The Morgan fingerprint density at radius 3 is 1.30 bits per heavy atom. The van der Waals surface area contributed by atoms with Crippen LogP contribution in [-0.2, 0) is 32.3 Å². The van der Waals surface area contributed by atoms with Crippen molar-refractivity contribution in [3.8, 4) is 0 Å². The van der Waals surface area contributed by atoms with Crippen molar-refractivity contribution in [2.45, 2.75) is 13.2 Å². The number of carbonyl (C=O) groups excluding carboxylic acids is 2. The molecule has 0 atom stereocenters. The Morgan fingerprint density at radius 2 is 0.913 bits per heavy atom. The van der Waals surface area contributed by atoms with Gasteiger partial charge < -0.3 is 40.1 Å². The van der Waals surface area contributed by atoms with E-state index in [0.717, 1.165) is 50.4 Å². The molecule has 2 saturated heterocycles. The zero-order valence-corrected chi connectivity index (χ0v) is 26.2. The average molecular weight is 643 g/mol. The molecule has 2 heterocycles. The van der Waals surface area contributed by atoms with Crippen LogP contribution in [0.25, 0.3) is 0 Å². The second-order valence-electron chi connectivity index (χ2n) is 10.9. The first-order valence-corrected chi connectivity index (χ1v) is 15.5. The van der Waals surface area contributed by atoms with Gasteiger partial charge in [0.05, 0.1) is 13.1 Å². The molecule has 0 aliphatic carbocycles. The quantitative estimate of drug-likeness (QED) is 0.326. The van der Waals surface area contributed by atoms with Crippen molar-refractivity contribution in [1.29, 1.82) is 0 Å². The number of benzene rings is 2. The zero-order valence-electron chi connectivity index (χ0n) is 26.2. The van der Waals surface area contributed by atoms with Crippen LogP contribution in [-0.4, -0.2) is 146 Å². The number of amides is 2. The number of aliphatic carboxylic acids is 2. The summed E-state index contributed by atoms with van der Waals surface area (Å²) in [5, 5.41) is 24.3. The van der Waals surface area contributed by atoms with E-state index in [9.17, 15) is 24.3 Å². The third-order valence-electron chi connectivity index (χ3n) is 7.34. The molecule has 2 amide bonds. The van der Waals surface area contributed by atoms with Crippen LogP contribution in [0.4, 0.5) is 9.59 Å². The molecule has 14 nitrogen and oxygen atoms in total. The average Bonchev–Trinajstić information content (AvgIpc) is 3.24. The van der Waals surface area contributed by atoms with Gasteiger partial charge in [-0.05, 0) is 11.1 Å². The third kappa shape index (κ3) is 14.7. The highest BCUT2D eigenvalue weighted by molar-refractivity contribution is 5.70. The van der Waals surface area contributed by atoms with Gasteiger partial charge in [-0.25, -0.2) is 9.59 Å². The van der Waals surface area contributed by atoms with E-state index in [4.69, 9.17) is 14.6 Å². The number of nitrogens with one attached hydrogen (secondary N) is 2. The van der Waals surface area contributed by atoms with Gasteiger partial charge in [0.1, 0.15) is 13.2 Å². The van der Waals surface area contributed by atoms with E-state index in [0.29, 0.717) is 26.2 Å². The highest BCUT2D eigenvalue weighted by Crippen LogP contribution is 2.08. The number of carbonyl (C=O) groups is 4. The van der Waals surface area contributed by atoms with E-state index in [1.54, 1.807) is 4.90 Å². The zero-order chi connectivity index (χ0) is 33.0. The second-order valence-corrected chi connectivity index (χ2v) is 10.9. The van der Waals surface area contributed by atoms with Gasteiger partial charge in [0.15, 0.2) is 0 Å². The minimum absolute atomic E-state index is 0.137. The molecule has 0 bridgehead atoms. The molecule has 0 spiro atoms. The Labute approximate surface area is 269 Å². The molecule has 46 heavy (non-hydrogen) atoms. The lowest BCUT2D eigenvalue weighted by Crippen LogP contribution is -2.42. The number of ether oxygens (including phenoxy) is 2. The van der Waals surface area contributed by atoms with E-state index in [2.05, 4.69) is 10.6 Å². The van der Waals surface area contributed by atoms with Gasteiger partial charge in [-0.2, -0.15) is 0 Å². The summed E-state index contributed by atoms with van der Waals surface area (Å²) in [6.07, 6.45) is -1.01. The smallest absolute Gasteiger partial charge is 0.410 e. The number of carboxylic acids is 2. The molecule has 0 saturated carbocycles. The van der Waals surface area contributed by atoms with Crippen molar-refractivity contribution in [2.24, 2.45) is 0 Å². The van der Waals surface area contributed by atoms with Crippen molar-refractivity contribution in [3.05, 3.63) is 71.8 Å². The molecule has 2 aliphatic rings. The summed E-state index contributed by atoms with van der Waals surface area (Å²) in [5.41, 5.74) is 1.74. The summed E-state index contributed by atoms with van der Waals surface area (Å²) in [5.74, 6) is -1.72. The summed E-state index contributed by atoms with van der Waals surface area (Å²) in [6, 6.07) is 18.7. The van der Waals surface area contributed by atoms with Crippen molar-refractivity contribution in [3.63, 3.8) is 0 Å². The van der Waals surface area contributed by atoms with Gasteiger partial charge >= 0.3 is 24.1 Å². The van der Waals surface area contributed by atoms with E-state index >= 15 is 0 Å². The first-order chi connectivity index (χ1) is 22.3. The Kier molecular flexibility index (Phi) is 16.3. The monoisotopic (exact) mass is 642 g/mol. The van der Waals surface area contributed by atoms with Crippen molar-refractivity contribution >= 4 is 24.1 Å². The molecular weight excluding hydrogens is 596 g/mol. The van der Waals surface area contributed by atoms with Gasteiger partial charge in [0.2, 0.25) is 0 Å². The first-order valence-electron chi connectivity index (χ1n) is 15.5. The number of carboxylic acid groups (broad SMARTS) is 2. The van der Waals surface area contributed by atoms with Crippen molar-refractivity contribution < 1.29 is 38.9 Å². The summed E-state index contributed by atoms with van der Waals surface area (Å²) >= 11 is 0. The summed E-state index contributed by atoms with van der Waals surface area (Å²) in [6.45, 7) is 7.36. The number of nitrogens with zero attached hydrogens (tertiary/aromatic N) is 4. The number of hydrogen-bond donors (Lipinski definition) is 4. The largest absolute Gasteiger partial charge is 0.480 e. The van der Waals surface area contributed by atoms with Crippen LogP contribution in [0.1, 0.15) is 11.1 Å². The van der Waals surface area contributed by atoms with Crippen LogP contribution in [0.2, 0.25) is 0 Å². The lowest BCUT2D eigenvalue weighted by molar-refractivity contribution is -0.139. The molecule has 2 aliphatic heterocycles. The molecular formula is C32H46N6O8. The summed E-state index contributed by atoms with van der Waals surface area (Å²) in [4.78, 5) is 53.8. The molecule has 2 aromatic carbocycles. The fourth-order valence-electron chi connectivity index (χ4n) is 4.80. The molecule has 0 radical (unpaired) electrons. The Hall–Kier alpha value is -4.24. The van der Waals surface area contributed by atoms with Gasteiger partial charge in [0, 0.05) is 78.5 Å². The van der Waals surface area contributed by atoms with E-state index < -0.39 is 24.1 Å². The van der Waals surface area contributed by atoms with Crippen molar-refractivity contribution in [2.75, 3.05) is 91.6 Å². The molecule has 4 rings (SSSR count). The minimum Gasteiger partial charge on any atom is -0.480 e. The molecule has 4 N–H and O–H groups in total. The molecule has 2 aromatic rings. The Balaban J connectivity index is 0.000000370. The van der Waals surface area contributed by atoms with Crippen LogP contribution in [0.5, 0.6) is 0 Å². The molecule has 252 valence electrons. The van der Waals surface area contributed by atoms with Gasteiger partial charge in [-0.3, -0.25) is 19.4 Å². The maximum atomic E-state index is 12.7. The van der Waals surface area contributed by atoms with Gasteiger partial charge in [-0.1, -0.05) is 60.7 Å². The van der Waals surface area contributed by atoms with Gasteiger partial charge in [0.25, 0.3) is 0 Å². The SMILES string of the molecule is O=C(O)CN1CCN(C(=O)OCc2ccccc2)CCN(C(=O)OCc2ccccc2)CC1.O=C(O)CN1CCNCCNCC1. The number of rotatable bonds is 8. The van der Waals surface area contributed by atoms with E-state index in [1.165, 1.54) is 9.80 Å². The normalized spacial score (nSPS) is 17.0. The maximum Gasteiger partial charge on any atom is 0.410 e. The van der Waals surface area contributed by atoms with E-state index in [1.807, 2.05) is 65.6 Å². The third-order valence-corrected chi connectivity index (χ3v) is 7.34. The summed E-state index contributed by atoms with van der Waals surface area (Å²) in [7, 11) is 0. The maximum absolute atomic E-state index is 12.7. The summed E-state index contributed by atoms with van der Waals surface area (Å²) < 4.78 is 10.9. The first kappa shape index (κ1) is 36.2. The van der Waals surface area contributed by atoms with Crippen LogP contribution >= 0.6 is 0 Å². The van der Waals surface area contributed by atoms with Crippen LogP contribution in [0.3, 0.4) is 0 Å². The molecule has 14 heteroatoms. The van der Waals surface area contributed by atoms with Crippen LogP contribution < -0.4 is 10.6 Å². The van der Waals surface area contributed by atoms with Gasteiger partial charge in [-0.15, -0.1) is 0 Å².